The Morgan fingerprint density at radius 1 is 1.03 bits per heavy atom. The lowest BCUT2D eigenvalue weighted by Crippen LogP contribution is -2.60. The van der Waals surface area contributed by atoms with E-state index in [2.05, 4.69) is 0 Å². The molecule has 2 aromatic rings. The quantitative estimate of drug-likeness (QED) is 0.425. The van der Waals surface area contributed by atoms with E-state index in [4.69, 9.17) is 0 Å². The molecule has 8 nitrogen and oxygen atoms in total. The SMILES string of the molecule is CC(=O)C1(NC(=O)C(F)(F)F)Cc2c(O)c3c(c(O)c2C(O)C1)C(=O)c1ccccc1C3=O. The molecule has 0 aromatic heterocycles. The molecule has 11 heteroatoms. The molecular formula is C22H16F3NO7. The number of Topliss-reactive ketones (excluding diaryl/α,β-unsaturated/α-hetero) is 1. The predicted octanol–water partition coefficient (Wildman–Crippen LogP) is 1.86. The highest BCUT2D eigenvalue weighted by Gasteiger charge is 2.51. The van der Waals surface area contributed by atoms with Crippen molar-refractivity contribution < 1.29 is 47.7 Å². The van der Waals surface area contributed by atoms with E-state index in [1.807, 2.05) is 0 Å². The molecule has 0 saturated carbocycles. The summed E-state index contributed by atoms with van der Waals surface area (Å²) in [7, 11) is 0. The zero-order valence-electron chi connectivity index (χ0n) is 16.9. The third-order valence-corrected chi connectivity index (χ3v) is 6.10. The van der Waals surface area contributed by atoms with Gasteiger partial charge in [0.2, 0.25) is 0 Å². The number of rotatable bonds is 2. The summed E-state index contributed by atoms with van der Waals surface area (Å²) in [6.45, 7) is 0.897. The molecule has 1 amide bonds. The molecule has 0 bridgehead atoms. The first kappa shape index (κ1) is 22.5. The van der Waals surface area contributed by atoms with Crippen LogP contribution in [0.15, 0.2) is 24.3 Å². The van der Waals surface area contributed by atoms with Gasteiger partial charge in [-0.15, -0.1) is 0 Å². The van der Waals surface area contributed by atoms with Crippen LogP contribution in [-0.2, 0) is 16.0 Å². The van der Waals surface area contributed by atoms with Gasteiger partial charge < -0.3 is 20.6 Å². The molecule has 4 rings (SSSR count). The Morgan fingerprint density at radius 2 is 1.55 bits per heavy atom. The number of carbonyl (C=O) groups excluding carboxylic acids is 4. The number of ketones is 3. The second-order valence-corrected chi connectivity index (χ2v) is 8.03. The summed E-state index contributed by atoms with van der Waals surface area (Å²) < 4.78 is 38.6. The van der Waals surface area contributed by atoms with Crippen molar-refractivity contribution in [1.29, 1.82) is 0 Å². The number of fused-ring (bicyclic) bond motifs is 3. The first-order valence-corrected chi connectivity index (χ1v) is 9.67. The second-order valence-electron chi connectivity index (χ2n) is 8.03. The highest BCUT2D eigenvalue weighted by molar-refractivity contribution is 6.30. The molecule has 2 aromatic carbocycles. The standard InChI is InChI=1S/C22H16F3NO7/c1-8(27)21(26-20(33)22(23,24)25)6-11-13(12(28)7-21)19(32)15-14(18(11)31)16(29)9-4-2-3-5-10(9)17(15)30/h2-5,12,28,31-32H,6-7H2,1H3,(H,26,33). The van der Waals surface area contributed by atoms with Crippen molar-refractivity contribution in [3.8, 4) is 11.5 Å². The van der Waals surface area contributed by atoms with E-state index in [0.717, 1.165) is 6.92 Å². The van der Waals surface area contributed by atoms with Crippen LogP contribution in [0.1, 0.15) is 62.4 Å². The van der Waals surface area contributed by atoms with E-state index >= 15 is 0 Å². The minimum Gasteiger partial charge on any atom is -0.507 e. The molecule has 2 aliphatic rings. The maximum absolute atomic E-state index is 13.0. The number of benzene rings is 2. The van der Waals surface area contributed by atoms with Gasteiger partial charge in [-0.2, -0.15) is 13.2 Å². The van der Waals surface area contributed by atoms with Crippen LogP contribution in [-0.4, -0.2) is 50.3 Å². The Hall–Kier alpha value is -3.73. The molecule has 0 saturated heterocycles. The van der Waals surface area contributed by atoms with Gasteiger partial charge in [-0.25, -0.2) is 0 Å². The van der Waals surface area contributed by atoms with E-state index in [0.29, 0.717) is 0 Å². The van der Waals surface area contributed by atoms with Gasteiger partial charge in [0.15, 0.2) is 17.3 Å². The highest BCUT2D eigenvalue weighted by Crippen LogP contribution is 2.50. The summed E-state index contributed by atoms with van der Waals surface area (Å²) in [6, 6.07) is 5.64. The molecule has 0 aliphatic heterocycles. The van der Waals surface area contributed by atoms with E-state index in [-0.39, 0.29) is 11.1 Å². The first-order chi connectivity index (χ1) is 15.3. The van der Waals surface area contributed by atoms with E-state index < -0.39 is 87.7 Å². The average molecular weight is 463 g/mol. The number of hydrogen-bond acceptors (Lipinski definition) is 7. The third-order valence-electron chi connectivity index (χ3n) is 6.10. The zero-order valence-corrected chi connectivity index (χ0v) is 16.9. The lowest BCUT2D eigenvalue weighted by atomic mass is 9.70. The van der Waals surface area contributed by atoms with Gasteiger partial charge in [-0.3, -0.25) is 19.2 Å². The number of alkyl halides is 3. The molecular weight excluding hydrogens is 447 g/mol. The van der Waals surface area contributed by atoms with Gasteiger partial charge in [-0.05, 0) is 6.92 Å². The molecule has 2 aliphatic carbocycles. The number of nitrogens with one attached hydrogen (secondary N) is 1. The Balaban J connectivity index is 1.93. The number of aliphatic hydroxyl groups is 1. The lowest BCUT2D eigenvalue weighted by Gasteiger charge is -2.40. The maximum Gasteiger partial charge on any atom is 0.471 e. The number of phenols is 2. The van der Waals surface area contributed by atoms with Crippen LogP contribution in [0.4, 0.5) is 13.2 Å². The summed E-state index contributed by atoms with van der Waals surface area (Å²) in [5.41, 5.74) is -4.34. The smallest absolute Gasteiger partial charge is 0.471 e. The topological polar surface area (TPSA) is 141 Å². The number of hydrogen-bond donors (Lipinski definition) is 4. The minimum absolute atomic E-state index is 0.0366. The molecule has 2 unspecified atom stereocenters. The minimum atomic E-state index is -5.33. The molecule has 0 spiro atoms. The molecule has 4 N–H and O–H groups in total. The van der Waals surface area contributed by atoms with Crippen LogP contribution < -0.4 is 5.32 Å². The van der Waals surface area contributed by atoms with Gasteiger partial charge in [-0.1, -0.05) is 24.3 Å². The van der Waals surface area contributed by atoms with E-state index in [1.165, 1.54) is 24.3 Å². The predicted molar refractivity (Wildman–Crippen MR) is 104 cm³/mol. The molecule has 33 heavy (non-hydrogen) atoms. The maximum atomic E-state index is 13.0. The second kappa shape index (κ2) is 7.14. The van der Waals surface area contributed by atoms with Gasteiger partial charge in [0.05, 0.1) is 17.2 Å². The average Bonchev–Trinajstić information content (AvgIpc) is 2.73. The van der Waals surface area contributed by atoms with Gasteiger partial charge in [0, 0.05) is 35.1 Å². The number of carbonyl (C=O) groups is 4. The van der Waals surface area contributed by atoms with Crippen molar-refractivity contribution in [3.63, 3.8) is 0 Å². The third kappa shape index (κ3) is 3.18. The van der Waals surface area contributed by atoms with Crippen molar-refractivity contribution in [2.75, 3.05) is 0 Å². The Morgan fingerprint density at radius 3 is 2.03 bits per heavy atom. The van der Waals surface area contributed by atoms with Crippen LogP contribution in [0.5, 0.6) is 11.5 Å². The van der Waals surface area contributed by atoms with Crippen LogP contribution in [0.3, 0.4) is 0 Å². The lowest BCUT2D eigenvalue weighted by molar-refractivity contribution is -0.176. The Kier molecular flexibility index (Phi) is 4.86. The summed E-state index contributed by atoms with van der Waals surface area (Å²) in [5.74, 6) is -6.70. The van der Waals surface area contributed by atoms with Crippen LogP contribution in [0.25, 0.3) is 0 Å². The molecule has 0 radical (unpaired) electrons. The molecule has 172 valence electrons. The van der Waals surface area contributed by atoms with E-state index in [1.54, 1.807) is 5.32 Å². The summed E-state index contributed by atoms with van der Waals surface area (Å²) in [6.07, 6.45) is -8.70. The Labute approximate surface area is 183 Å². The van der Waals surface area contributed by atoms with Crippen molar-refractivity contribution >= 4 is 23.3 Å². The normalized spacial score (nSPS) is 21.7. The number of aromatic hydroxyl groups is 2. The van der Waals surface area contributed by atoms with Gasteiger partial charge in [0.25, 0.3) is 0 Å². The summed E-state index contributed by atoms with van der Waals surface area (Å²) in [4.78, 5) is 49.9. The number of amides is 1. The van der Waals surface area contributed by atoms with Crippen molar-refractivity contribution in [3.05, 3.63) is 57.6 Å². The van der Waals surface area contributed by atoms with Gasteiger partial charge in [0.1, 0.15) is 17.0 Å². The summed E-state index contributed by atoms with van der Waals surface area (Å²) in [5, 5.41) is 34.0. The number of halogens is 3. The monoisotopic (exact) mass is 463 g/mol. The summed E-state index contributed by atoms with van der Waals surface area (Å²) >= 11 is 0. The fourth-order valence-corrected chi connectivity index (χ4v) is 4.47. The number of phenolic OH excluding ortho intramolecular Hbond substituents is 2. The van der Waals surface area contributed by atoms with Crippen LogP contribution in [0, 0.1) is 0 Å². The van der Waals surface area contributed by atoms with Gasteiger partial charge >= 0.3 is 12.1 Å². The fourth-order valence-electron chi connectivity index (χ4n) is 4.47. The zero-order chi connectivity index (χ0) is 24.5. The molecule has 0 heterocycles. The van der Waals surface area contributed by atoms with Crippen molar-refractivity contribution in [2.24, 2.45) is 0 Å². The highest BCUT2D eigenvalue weighted by atomic mass is 19.4. The largest absolute Gasteiger partial charge is 0.507 e. The fraction of sp³-hybridized carbons (Fsp3) is 0.273. The Bertz CT molecular complexity index is 1270. The first-order valence-electron chi connectivity index (χ1n) is 9.67. The van der Waals surface area contributed by atoms with Crippen LogP contribution >= 0.6 is 0 Å². The molecule has 0 fully saturated rings. The van der Waals surface area contributed by atoms with E-state index in [9.17, 15) is 47.7 Å². The van der Waals surface area contributed by atoms with Crippen LogP contribution in [0.2, 0.25) is 0 Å². The van der Waals surface area contributed by atoms with Crippen molar-refractivity contribution in [2.45, 2.75) is 37.6 Å². The molecule has 2 atom stereocenters. The van der Waals surface area contributed by atoms with Crippen molar-refractivity contribution in [1.82, 2.24) is 5.32 Å². The number of aliphatic hydroxyl groups excluding tert-OH is 1.